The number of aryl methyl sites for hydroxylation is 2. The van der Waals surface area contributed by atoms with Crippen molar-refractivity contribution in [2.45, 2.75) is 34.2 Å². The molecule has 1 amide bonds. The van der Waals surface area contributed by atoms with Gasteiger partial charge in [-0.05, 0) is 44.9 Å². The Balaban J connectivity index is 1.65. The van der Waals surface area contributed by atoms with Crippen LogP contribution in [0.4, 0.5) is 11.4 Å². The van der Waals surface area contributed by atoms with E-state index in [-0.39, 0.29) is 18.1 Å². The van der Waals surface area contributed by atoms with Crippen LogP contribution >= 0.6 is 0 Å². The zero-order valence-electron chi connectivity index (χ0n) is 16.2. The number of nitro groups is 1. The lowest BCUT2D eigenvalue weighted by Gasteiger charge is -2.37. The largest absolute Gasteiger partial charge is 0.368 e. The summed E-state index contributed by atoms with van der Waals surface area (Å²) in [6.45, 7) is 10.3. The van der Waals surface area contributed by atoms with Crippen LogP contribution in [0.3, 0.4) is 0 Å². The van der Waals surface area contributed by atoms with Gasteiger partial charge in [0.05, 0.1) is 4.92 Å². The number of hydrogen-bond donors (Lipinski definition) is 0. The summed E-state index contributed by atoms with van der Waals surface area (Å²) in [5.74, 6) is -0.0592. The Labute approximate surface area is 158 Å². The van der Waals surface area contributed by atoms with Crippen LogP contribution in [0.1, 0.15) is 22.5 Å². The molecular weight excluding hydrogens is 346 g/mol. The molecule has 3 rings (SSSR count). The molecule has 8 heteroatoms. The highest BCUT2D eigenvalue weighted by Crippen LogP contribution is 2.24. The molecule has 27 heavy (non-hydrogen) atoms. The topological polar surface area (TPSA) is 84.5 Å². The van der Waals surface area contributed by atoms with Gasteiger partial charge in [0.15, 0.2) is 0 Å². The predicted octanol–water partition coefficient (Wildman–Crippen LogP) is 2.37. The number of amides is 1. The minimum Gasteiger partial charge on any atom is -0.368 e. The molecule has 1 aromatic carbocycles. The lowest BCUT2D eigenvalue weighted by atomic mass is 10.1. The van der Waals surface area contributed by atoms with E-state index in [2.05, 4.69) is 42.0 Å². The first-order valence-electron chi connectivity index (χ1n) is 9.07. The first-order valence-corrected chi connectivity index (χ1v) is 9.07. The lowest BCUT2D eigenvalue weighted by molar-refractivity contribution is -0.386. The number of aromatic nitrogens is 2. The third-order valence-corrected chi connectivity index (χ3v) is 5.36. The average molecular weight is 371 g/mol. The number of hydrogen-bond acceptors (Lipinski definition) is 5. The van der Waals surface area contributed by atoms with Crippen molar-refractivity contribution in [1.82, 2.24) is 14.7 Å². The molecule has 1 saturated heterocycles. The number of carbonyl (C=O) groups excluding carboxylic acids is 1. The predicted molar refractivity (Wildman–Crippen MR) is 103 cm³/mol. The number of nitrogens with zero attached hydrogens (tertiary/aromatic N) is 5. The van der Waals surface area contributed by atoms with Gasteiger partial charge in [0, 0.05) is 31.9 Å². The Morgan fingerprint density at radius 2 is 1.81 bits per heavy atom. The van der Waals surface area contributed by atoms with Gasteiger partial charge >= 0.3 is 5.69 Å². The second-order valence-corrected chi connectivity index (χ2v) is 7.02. The fourth-order valence-electron chi connectivity index (χ4n) is 3.61. The van der Waals surface area contributed by atoms with Crippen molar-refractivity contribution in [3.05, 3.63) is 50.8 Å². The molecule has 2 heterocycles. The molecule has 0 unspecified atom stereocenters. The van der Waals surface area contributed by atoms with Crippen LogP contribution < -0.4 is 4.90 Å². The first-order chi connectivity index (χ1) is 12.8. The number of benzene rings is 1. The van der Waals surface area contributed by atoms with Crippen molar-refractivity contribution in [2.24, 2.45) is 0 Å². The minimum absolute atomic E-state index is 0.0115. The molecule has 0 bridgehead atoms. The summed E-state index contributed by atoms with van der Waals surface area (Å²) in [4.78, 5) is 27.4. The summed E-state index contributed by atoms with van der Waals surface area (Å²) < 4.78 is 1.44. The van der Waals surface area contributed by atoms with Gasteiger partial charge in [-0.1, -0.05) is 12.1 Å². The smallest absolute Gasteiger partial charge is 0.312 e. The van der Waals surface area contributed by atoms with E-state index in [0.29, 0.717) is 24.5 Å². The molecule has 8 nitrogen and oxygen atoms in total. The third kappa shape index (κ3) is 3.65. The Hall–Kier alpha value is -2.90. The lowest BCUT2D eigenvalue weighted by Crippen LogP contribution is -2.50. The molecule has 0 spiro atoms. The highest BCUT2D eigenvalue weighted by atomic mass is 16.6. The normalized spacial score (nSPS) is 14.5. The molecule has 0 atom stereocenters. The first kappa shape index (κ1) is 18.9. The van der Waals surface area contributed by atoms with E-state index < -0.39 is 4.92 Å². The van der Waals surface area contributed by atoms with Crippen LogP contribution in [-0.2, 0) is 11.3 Å². The van der Waals surface area contributed by atoms with Gasteiger partial charge in [-0.25, -0.2) is 0 Å². The van der Waals surface area contributed by atoms with E-state index in [1.165, 1.54) is 21.5 Å². The second kappa shape index (κ2) is 7.38. The van der Waals surface area contributed by atoms with Crippen molar-refractivity contribution in [3.8, 4) is 0 Å². The van der Waals surface area contributed by atoms with Gasteiger partial charge in [-0.2, -0.15) is 5.10 Å². The zero-order valence-corrected chi connectivity index (χ0v) is 16.2. The van der Waals surface area contributed by atoms with Crippen LogP contribution in [-0.4, -0.2) is 51.7 Å². The Bertz CT molecular complexity index is 882. The van der Waals surface area contributed by atoms with E-state index in [1.807, 2.05) is 4.90 Å². The number of carbonyl (C=O) groups is 1. The molecule has 2 aromatic rings. The summed E-state index contributed by atoms with van der Waals surface area (Å²) in [7, 11) is 0. The van der Waals surface area contributed by atoms with Gasteiger partial charge in [0.1, 0.15) is 17.9 Å². The summed E-state index contributed by atoms with van der Waals surface area (Å²) in [6.07, 6.45) is 0. The fraction of sp³-hybridized carbons (Fsp3) is 0.474. The van der Waals surface area contributed by atoms with Crippen molar-refractivity contribution in [1.29, 1.82) is 0 Å². The number of rotatable bonds is 4. The standard InChI is InChI=1S/C19H25N5O3/c1-13-6-5-7-17(14(13)2)21-8-10-22(11-9-21)18(25)12-23-16(4)19(24(26)27)15(3)20-23/h5-7H,8-12H2,1-4H3. The maximum absolute atomic E-state index is 12.7. The Morgan fingerprint density at radius 3 is 2.41 bits per heavy atom. The van der Waals surface area contributed by atoms with Crippen molar-refractivity contribution in [3.63, 3.8) is 0 Å². The van der Waals surface area contributed by atoms with Gasteiger partial charge < -0.3 is 9.80 Å². The van der Waals surface area contributed by atoms with Gasteiger partial charge in [0.2, 0.25) is 5.91 Å². The van der Waals surface area contributed by atoms with Gasteiger partial charge in [-0.15, -0.1) is 0 Å². The maximum atomic E-state index is 12.7. The Morgan fingerprint density at radius 1 is 1.15 bits per heavy atom. The molecule has 1 fully saturated rings. The van der Waals surface area contributed by atoms with E-state index in [0.717, 1.165) is 13.1 Å². The van der Waals surface area contributed by atoms with Crippen LogP contribution in [0.5, 0.6) is 0 Å². The zero-order chi connectivity index (χ0) is 19.7. The molecule has 1 aromatic heterocycles. The van der Waals surface area contributed by atoms with Crippen LogP contribution in [0, 0.1) is 37.8 Å². The molecular formula is C19H25N5O3. The average Bonchev–Trinajstić information content (AvgIpc) is 2.91. The molecule has 1 aliphatic heterocycles. The van der Waals surface area contributed by atoms with Crippen LogP contribution in [0.15, 0.2) is 18.2 Å². The molecule has 0 saturated carbocycles. The van der Waals surface area contributed by atoms with Gasteiger partial charge in [0.25, 0.3) is 0 Å². The van der Waals surface area contributed by atoms with E-state index in [4.69, 9.17) is 0 Å². The second-order valence-electron chi connectivity index (χ2n) is 7.02. The number of piperazine rings is 1. The van der Waals surface area contributed by atoms with E-state index in [9.17, 15) is 14.9 Å². The number of anilines is 1. The summed E-state index contributed by atoms with van der Waals surface area (Å²) in [6, 6.07) is 6.28. The quantitative estimate of drug-likeness (QED) is 0.608. The fourth-order valence-corrected chi connectivity index (χ4v) is 3.61. The SMILES string of the molecule is Cc1cccc(N2CCN(C(=O)Cn3nc(C)c([N+](=O)[O-])c3C)CC2)c1C. The van der Waals surface area contributed by atoms with Crippen LogP contribution in [0.25, 0.3) is 0 Å². The summed E-state index contributed by atoms with van der Waals surface area (Å²) in [5.41, 5.74) is 4.49. The monoisotopic (exact) mass is 371 g/mol. The molecule has 0 radical (unpaired) electrons. The maximum Gasteiger partial charge on any atom is 0.312 e. The highest BCUT2D eigenvalue weighted by Gasteiger charge is 2.26. The third-order valence-electron chi connectivity index (χ3n) is 5.36. The summed E-state index contributed by atoms with van der Waals surface area (Å²) in [5, 5.41) is 15.3. The molecule has 1 aliphatic rings. The van der Waals surface area contributed by atoms with Crippen molar-refractivity contribution >= 4 is 17.3 Å². The van der Waals surface area contributed by atoms with E-state index in [1.54, 1.807) is 13.8 Å². The molecule has 0 aliphatic carbocycles. The molecule has 0 N–H and O–H groups in total. The summed E-state index contributed by atoms with van der Waals surface area (Å²) >= 11 is 0. The van der Waals surface area contributed by atoms with Crippen LogP contribution in [0.2, 0.25) is 0 Å². The van der Waals surface area contributed by atoms with Crippen molar-refractivity contribution in [2.75, 3.05) is 31.1 Å². The minimum atomic E-state index is -0.443. The van der Waals surface area contributed by atoms with E-state index >= 15 is 0 Å². The highest BCUT2D eigenvalue weighted by molar-refractivity contribution is 5.76. The van der Waals surface area contributed by atoms with Crippen molar-refractivity contribution < 1.29 is 9.72 Å². The molecule has 144 valence electrons. The Kier molecular flexibility index (Phi) is 5.16. The van der Waals surface area contributed by atoms with Gasteiger partial charge in [-0.3, -0.25) is 19.6 Å².